The van der Waals surface area contributed by atoms with E-state index in [4.69, 9.17) is 0 Å². The topological polar surface area (TPSA) is 66.5 Å². The lowest BCUT2D eigenvalue weighted by Gasteiger charge is -2.42. The molecular weight excluding hydrogens is 256 g/mol. The first-order valence-corrected chi connectivity index (χ1v) is 7.47. The molecule has 1 saturated carbocycles. The molecule has 0 bridgehead atoms. The quantitative estimate of drug-likeness (QED) is 0.804. The molecule has 2 aliphatic rings. The maximum absolute atomic E-state index is 12.8. The second kappa shape index (κ2) is 5.19. The Labute approximate surface area is 120 Å². The number of carbonyl (C=O) groups excluding carboxylic acids is 3. The fourth-order valence-corrected chi connectivity index (χ4v) is 3.43. The van der Waals surface area contributed by atoms with Gasteiger partial charge >= 0.3 is 6.03 Å². The lowest BCUT2D eigenvalue weighted by atomic mass is 9.67. The predicted octanol–water partition coefficient (Wildman–Crippen LogP) is 1.96. The first-order chi connectivity index (χ1) is 9.30. The molecule has 1 heterocycles. The number of nitrogens with zero attached hydrogens (tertiary/aromatic N) is 1. The Balaban J connectivity index is 2.25. The first-order valence-electron chi connectivity index (χ1n) is 7.47. The molecule has 1 N–H and O–H groups in total. The van der Waals surface area contributed by atoms with Crippen LogP contribution in [0.3, 0.4) is 0 Å². The van der Waals surface area contributed by atoms with Crippen molar-refractivity contribution in [3.8, 4) is 0 Å². The van der Waals surface area contributed by atoms with Gasteiger partial charge in [-0.3, -0.25) is 14.5 Å². The van der Waals surface area contributed by atoms with Gasteiger partial charge in [-0.25, -0.2) is 4.79 Å². The van der Waals surface area contributed by atoms with Crippen molar-refractivity contribution in [3.05, 3.63) is 0 Å². The van der Waals surface area contributed by atoms with Gasteiger partial charge in [-0.05, 0) is 24.7 Å². The van der Waals surface area contributed by atoms with Crippen LogP contribution in [-0.4, -0.2) is 34.7 Å². The van der Waals surface area contributed by atoms with Crippen molar-refractivity contribution in [3.63, 3.8) is 0 Å². The highest BCUT2D eigenvalue weighted by molar-refractivity contribution is 6.09. The molecule has 112 valence electrons. The van der Waals surface area contributed by atoms with Crippen LogP contribution in [0.2, 0.25) is 0 Å². The van der Waals surface area contributed by atoms with Gasteiger partial charge in [0.1, 0.15) is 5.54 Å². The number of amides is 3. The van der Waals surface area contributed by atoms with Crippen LogP contribution in [-0.2, 0) is 9.59 Å². The van der Waals surface area contributed by atoms with Crippen LogP contribution in [0.4, 0.5) is 4.79 Å². The summed E-state index contributed by atoms with van der Waals surface area (Å²) in [5, 5.41) is 2.90. The van der Waals surface area contributed by atoms with Crippen molar-refractivity contribution in [1.82, 2.24) is 10.2 Å². The van der Waals surface area contributed by atoms with E-state index in [1.54, 1.807) is 13.8 Å². The zero-order valence-corrected chi connectivity index (χ0v) is 12.7. The second-order valence-electron chi connectivity index (χ2n) is 6.54. The average molecular weight is 280 g/mol. The first kappa shape index (κ1) is 15.0. The predicted molar refractivity (Wildman–Crippen MR) is 75.0 cm³/mol. The molecule has 1 saturated heterocycles. The highest BCUT2D eigenvalue weighted by atomic mass is 16.2. The van der Waals surface area contributed by atoms with Crippen molar-refractivity contribution in [2.24, 2.45) is 17.8 Å². The van der Waals surface area contributed by atoms with Gasteiger partial charge in [0.25, 0.3) is 5.91 Å². The average Bonchev–Trinajstić information content (AvgIpc) is 2.62. The Hall–Kier alpha value is -1.39. The number of nitrogens with one attached hydrogen (secondary N) is 1. The molecule has 5 nitrogen and oxygen atoms in total. The van der Waals surface area contributed by atoms with Crippen LogP contribution >= 0.6 is 0 Å². The van der Waals surface area contributed by atoms with Gasteiger partial charge in [0, 0.05) is 5.92 Å². The summed E-state index contributed by atoms with van der Waals surface area (Å²) < 4.78 is 0. The number of hydrogen-bond donors (Lipinski definition) is 1. The maximum Gasteiger partial charge on any atom is 0.325 e. The van der Waals surface area contributed by atoms with E-state index >= 15 is 0 Å². The molecule has 2 atom stereocenters. The van der Waals surface area contributed by atoms with E-state index in [2.05, 4.69) is 5.32 Å². The Bertz CT molecular complexity index is 434. The van der Waals surface area contributed by atoms with Gasteiger partial charge in [0.2, 0.25) is 0 Å². The number of rotatable bonds is 3. The molecule has 1 spiro atoms. The Morgan fingerprint density at radius 2 is 1.85 bits per heavy atom. The van der Waals surface area contributed by atoms with Gasteiger partial charge in [-0.2, -0.15) is 0 Å². The van der Waals surface area contributed by atoms with Crippen LogP contribution in [0.5, 0.6) is 0 Å². The molecule has 20 heavy (non-hydrogen) atoms. The molecule has 1 aliphatic carbocycles. The third kappa shape index (κ3) is 2.13. The zero-order valence-electron chi connectivity index (χ0n) is 12.7. The fraction of sp³-hybridized carbons (Fsp3) is 0.800. The molecule has 2 fully saturated rings. The SMILES string of the molecule is CC(C)C(=O)CN1C(=O)NC2(C1=O)C(C)CCCC2C. The van der Waals surface area contributed by atoms with E-state index in [9.17, 15) is 14.4 Å². The van der Waals surface area contributed by atoms with Crippen molar-refractivity contribution in [2.75, 3.05) is 6.54 Å². The molecule has 2 rings (SSSR count). The smallest absolute Gasteiger partial charge is 0.323 e. The van der Waals surface area contributed by atoms with E-state index in [0.717, 1.165) is 24.2 Å². The number of ketones is 1. The molecule has 0 aromatic heterocycles. The fourth-order valence-electron chi connectivity index (χ4n) is 3.43. The third-order valence-electron chi connectivity index (χ3n) is 4.94. The van der Waals surface area contributed by atoms with Gasteiger partial charge in [0.05, 0.1) is 6.54 Å². The normalized spacial score (nSPS) is 34.0. The van der Waals surface area contributed by atoms with E-state index in [1.807, 2.05) is 13.8 Å². The van der Waals surface area contributed by atoms with E-state index in [1.165, 1.54) is 0 Å². The molecule has 5 heteroatoms. The van der Waals surface area contributed by atoms with Crippen molar-refractivity contribution in [2.45, 2.75) is 52.5 Å². The minimum Gasteiger partial charge on any atom is -0.323 e. The summed E-state index contributed by atoms with van der Waals surface area (Å²) in [5.41, 5.74) is -0.799. The minimum absolute atomic E-state index is 0.0818. The molecule has 2 unspecified atom stereocenters. The van der Waals surface area contributed by atoms with E-state index < -0.39 is 11.6 Å². The van der Waals surface area contributed by atoms with Crippen LogP contribution in [0.1, 0.15) is 47.0 Å². The van der Waals surface area contributed by atoms with Gasteiger partial charge in [-0.15, -0.1) is 0 Å². The van der Waals surface area contributed by atoms with Crippen LogP contribution in [0.25, 0.3) is 0 Å². The van der Waals surface area contributed by atoms with E-state index in [0.29, 0.717) is 0 Å². The molecule has 3 amide bonds. The summed E-state index contributed by atoms with van der Waals surface area (Å²) in [6.07, 6.45) is 2.95. The Morgan fingerprint density at radius 3 is 2.35 bits per heavy atom. The lowest BCUT2D eigenvalue weighted by molar-refractivity contribution is -0.139. The number of hydrogen-bond acceptors (Lipinski definition) is 3. The standard InChI is InChI=1S/C15H24N2O3/c1-9(2)12(18)8-17-13(19)15(16-14(17)20)10(3)6-5-7-11(15)4/h9-11H,5-8H2,1-4H3,(H,16,20). The van der Waals surface area contributed by atoms with Crippen molar-refractivity contribution < 1.29 is 14.4 Å². The summed E-state index contributed by atoms with van der Waals surface area (Å²) >= 11 is 0. The number of urea groups is 1. The molecule has 0 radical (unpaired) electrons. The minimum atomic E-state index is -0.799. The summed E-state index contributed by atoms with van der Waals surface area (Å²) in [4.78, 5) is 37.9. The highest BCUT2D eigenvalue weighted by Gasteiger charge is 2.58. The summed E-state index contributed by atoms with van der Waals surface area (Å²) in [7, 11) is 0. The highest BCUT2D eigenvalue weighted by Crippen LogP contribution is 2.42. The summed E-state index contributed by atoms with van der Waals surface area (Å²) in [6.45, 7) is 7.48. The monoisotopic (exact) mass is 280 g/mol. The van der Waals surface area contributed by atoms with Crippen LogP contribution < -0.4 is 5.32 Å². The van der Waals surface area contributed by atoms with Crippen molar-refractivity contribution >= 4 is 17.7 Å². The Morgan fingerprint density at radius 1 is 1.30 bits per heavy atom. The lowest BCUT2D eigenvalue weighted by Crippen LogP contribution is -2.59. The van der Waals surface area contributed by atoms with Gasteiger partial charge < -0.3 is 5.32 Å². The molecule has 0 aromatic rings. The zero-order chi connectivity index (χ0) is 15.1. The van der Waals surface area contributed by atoms with Crippen molar-refractivity contribution in [1.29, 1.82) is 0 Å². The summed E-state index contributed by atoms with van der Waals surface area (Å²) in [6, 6.07) is -0.412. The third-order valence-corrected chi connectivity index (χ3v) is 4.94. The molecular formula is C15H24N2O3. The Kier molecular flexibility index (Phi) is 3.89. The number of imide groups is 1. The van der Waals surface area contributed by atoms with Crippen LogP contribution in [0, 0.1) is 17.8 Å². The van der Waals surface area contributed by atoms with E-state index in [-0.39, 0.29) is 36.0 Å². The molecule has 1 aliphatic heterocycles. The maximum atomic E-state index is 12.8. The molecule has 0 aromatic carbocycles. The number of carbonyl (C=O) groups is 3. The largest absolute Gasteiger partial charge is 0.325 e. The summed E-state index contributed by atoms with van der Waals surface area (Å²) in [5.74, 6) is -0.241. The van der Waals surface area contributed by atoms with Gasteiger partial charge in [0.15, 0.2) is 5.78 Å². The van der Waals surface area contributed by atoms with Crippen LogP contribution in [0.15, 0.2) is 0 Å². The van der Waals surface area contributed by atoms with Gasteiger partial charge in [-0.1, -0.05) is 34.1 Å². The second-order valence-corrected chi connectivity index (χ2v) is 6.54. The number of Topliss-reactive ketones (excluding diaryl/α,β-unsaturated/α-hetero) is 1.